The smallest absolute Gasteiger partial charge is 0.352 e. The third-order valence-corrected chi connectivity index (χ3v) is 3.90. The SMILES string of the molecule is CCC(C)C(N)C(=O)NC1CCN(CC(F)(F)F)CC1.Cl. The fourth-order valence-corrected chi connectivity index (χ4v) is 2.30. The number of nitrogens with two attached hydrogens (primary N) is 1. The molecule has 0 aromatic heterocycles. The first kappa shape index (κ1) is 20.5. The Labute approximate surface area is 130 Å². The fraction of sp³-hybridized carbons (Fsp3) is 0.923. The lowest BCUT2D eigenvalue weighted by Gasteiger charge is -2.33. The normalized spacial score (nSPS) is 20.5. The van der Waals surface area contributed by atoms with Crippen molar-refractivity contribution in [1.29, 1.82) is 0 Å². The molecule has 4 nitrogen and oxygen atoms in total. The Balaban J connectivity index is 0.00000400. The van der Waals surface area contributed by atoms with E-state index in [1.165, 1.54) is 4.90 Å². The molecule has 1 aliphatic rings. The van der Waals surface area contributed by atoms with Crippen LogP contribution in [0.2, 0.25) is 0 Å². The van der Waals surface area contributed by atoms with Crippen LogP contribution in [0.1, 0.15) is 33.1 Å². The van der Waals surface area contributed by atoms with Gasteiger partial charge in [0.2, 0.25) is 5.91 Å². The van der Waals surface area contributed by atoms with Crippen molar-refractivity contribution in [2.24, 2.45) is 11.7 Å². The monoisotopic (exact) mass is 331 g/mol. The summed E-state index contributed by atoms with van der Waals surface area (Å²) < 4.78 is 36.8. The maximum atomic E-state index is 12.3. The highest BCUT2D eigenvalue weighted by molar-refractivity contribution is 5.85. The fourth-order valence-electron chi connectivity index (χ4n) is 2.30. The third kappa shape index (κ3) is 7.33. The Morgan fingerprint density at radius 2 is 1.90 bits per heavy atom. The first-order chi connectivity index (χ1) is 9.23. The number of nitrogens with one attached hydrogen (secondary N) is 1. The highest BCUT2D eigenvalue weighted by atomic mass is 35.5. The molecule has 3 N–H and O–H groups in total. The van der Waals surface area contributed by atoms with Crippen LogP contribution < -0.4 is 11.1 Å². The number of hydrogen-bond donors (Lipinski definition) is 2. The topological polar surface area (TPSA) is 58.4 Å². The number of likely N-dealkylation sites (tertiary alicyclic amines) is 1. The molecule has 2 atom stereocenters. The molecule has 0 aromatic carbocycles. The molecular formula is C13H25ClF3N3O. The van der Waals surface area contributed by atoms with E-state index in [4.69, 9.17) is 5.73 Å². The predicted molar refractivity (Wildman–Crippen MR) is 78.3 cm³/mol. The van der Waals surface area contributed by atoms with Crippen LogP contribution in [0.25, 0.3) is 0 Å². The summed E-state index contributed by atoms with van der Waals surface area (Å²) in [5.41, 5.74) is 5.83. The minimum absolute atomic E-state index is 0. The molecule has 1 aliphatic heterocycles. The van der Waals surface area contributed by atoms with E-state index in [0.29, 0.717) is 25.9 Å². The van der Waals surface area contributed by atoms with Crippen molar-refractivity contribution in [2.75, 3.05) is 19.6 Å². The number of amides is 1. The number of carbonyl (C=O) groups is 1. The van der Waals surface area contributed by atoms with E-state index in [0.717, 1.165) is 6.42 Å². The van der Waals surface area contributed by atoms with E-state index < -0.39 is 18.8 Å². The summed E-state index contributed by atoms with van der Waals surface area (Å²) in [7, 11) is 0. The number of hydrogen-bond acceptors (Lipinski definition) is 3. The third-order valence-electron chi connectivity index (χ3n) is 3.90. The van der Waals surface area contributed by atoms with E-state index in [-0.39, 0.29) is 30.3 Å². The maximum absolute atomic E-state index is 12.3. The van der Waals surface area contributed by atoms with E-state index in [1.807, 2.05) is 13.8 Å². The number of halogens is 4. The Bertz CT molecular complexity index is 320. The molecule has 1 rings (SSSR count). The first-order valence-corrected chi connectivity index (χ1v) is 7.08. The lowest BCUT2D eigenvalue weighted by atomic mass is 9.98. The average molecular weight is 332 g/mol. The van der Waals surface area contributed by atoms with Gasteiger partial charge >= 0.3 is 6.18 Å². The summed E-state index contributed by atoms with van der Waals surface area (Å²) in [5.74, 6) is -0.103. The van der Waals surface area contributed by atoms with Crippen LogP contribution in [-0.2, 0) is 4.79 Å². The van der Waals surface area contributed by atoms with Crippen LogP contribution in [0.3, 0.4) is 0 Å². The lowest BCUT2D eigenvalue weighted by molar-refractivity contribution is -0.148. The molecule has 0 aromatic rings. The summed E-state index contributed by atoms with van der Waals surface area (Å²) in [6.45, 7) is 3.70. The average Bonchev–Trinajstić information content (AvgIpc) is 2.37. The summed E-state index contributed by atoms with van der Waals surface area (Å²) in [6, 6.07) is -0.615. The van der Waals surface area contributed by atoms with Crippen molar-refractivity contribution in [3.63, 3.8) is 0 Å². The van der Waals surface area contributed by atoms with Gasteiger partial charge in [0.05, 0.1) is 12.6 Å². The number of alkyl halides is 3. The van der Waals surface area contributed by atoms with Gasteiger partial charge in [0.25, 0.3) is 0 Å². The van der Waals surface area contributed by atoms with E-state index in [9.17, 15) is 18.0 Å². The van der Waals surface area contributed by atoms with Gasteiger partial charge in [0, 0.05) is 19.1 Å². The van der Waals surface area contributed by atoms with Crippen molar-refractivity contribution in [1.82, 2.24) is 10.2 Å². The van der Waals surface area contributed by atoms with Crippen LogP contribution in [0.5, 0.6) is 0 Å². The van der Waals surface area contributed by atoms with Gasteiger partial charge in [0.15, 0.2) is 0 Å². The molecular weight excluding hydrogens is 307 g/mol. The molecule has 8 heteroatoms. The van der Waals surface area contributed by atoms with Crippen molar-refractivity contribution in [2.45, 2.75) is 51.4 Å². The second kappa shape index (κ2) is 8.80. The van der Waals surface area contributed by atoms with Crippen molar-refractivity contribution in [3.05, 3.63) is 0 Å². The Hall–Kier alpha value is -0.530. The van der Waals surface area contributed by atoms with Gasteiger partial charge in [-0.2, -0.15) is 13.2 Å². The molecule has 126 valence electrons. The number of carbonyl (C=O) groups excluding carboxylic acids is 1. The minimum atomic E-state index is -4.16. The molecule has 1 amide bonds. The molecule has 0 radical (unpaired) electrons. The quantitative estimate of drug-likeness (QED) is 0.809. The van der Waals surface area contributed by atoms with Crippen LogP contribution in [0.4, 0.5) is 13.2 Å². The first-order valence-electron chi connectivity index (χ1n) is 7.08. The molecule has 0 aliphatic carbocycles. The van der Waals surface area contributed by atoms with Gasteiger partial charge in [-0.1, -0.05) is 20.3 Å². The Morgan fingerprint density at radius 1 is 1.38 bits per heavy atom. The number of nitrogens with zero attached hydrogens (tertiary/aromatic N) is 1. The molecule has 1 saturated heterocycles. The van der Waals surface area contributed by atoms with Crippen molar-refractivity contribution >= 4 is 18.3 Å². The van der Waals surface area contributed by atoms with Gasteiger partial charge in [-0.05, 0) is 18.8 Å². The lowest BCUT2D eigenvalue weighted by Crippen LogP contribution is -2.52. The predicted octanol–water partition coefficient (Wildman–Crippen LogP) is 1.92. The summed E-state index contributed by atoms with van der Waals surface area (Å²) in [4.78, 5) is 13.3. The van der Waals surface area contributed by atoms with Crippen LogP contribution in [-0.4, -0.2) is 48.7 Å². The van der Waals surface area contributed by atoms with Gasteiger partial charge in [-0.15, -0.1) is 12.4 Å². The van der Waals surface area contributed by atoms with Crippen molar-refractivity contribution < 1.29 is 18.0 Å². The zero-order valence-corrected chi connectivity index (χ0v) is 13.3. The summed E-state index contributed by atoms with van der Waals surface area (Å²) in [5, 5.41) is 2.85. The van der Waals surface area contributed by atoms with Crippen LogP contribution >= 0.6 is 12.4 Å². The Kier molecular flexibility index (Phi) is 8.58. The zero-order chi connectivity index (χ0) is 15.3. The van der Waals surface area contributed by atoms with Gasteiger partial charge < -0.3 is 11.1 Å². The Morgan fingerprint density at radius 3 is 2.33 bits per heavy atom. The number of piperidine rings is 1. The summed E-state index contributed by atoms with van der Waals surface area (Å²) >= 11 is 0. The van der Waals surface area contributed by atoms with Gasteiger partial charge in [-0.3, -0.25) is 9.69 Å². The molecule has 21 heavy (non-hydrogen) atoms. The summed E-state index contributed by atoms with van der Waals surface area (Å²) in [6.07, 6.45) is -2.27. The number of rotatable bonds is 5. The highest BCUT2D eigenvalue weighted by Crippen LogP contribution is 2.20. The van der Waals surface area contributed by atoms with E-state index in [1.54, 1.807) is 0 Å². The molecule has 0 spiro atoms. The second-order valence-electron chi connectivity index (χ2n) is 5.59. The van der Waals surface area contributed by atoms with Crippen LogP contribution in [0, 0.1) is 5.92 Å². The maximum Gasteiger partial charge on any atom is 0.401 e. The van der Waals surface area contributed by atoms with Gasteiger partial charge in [-0.25, -0.2) is 0 Å². The van der Waals surface area contributed by atoms with Crippen molar-refractivity contribution in [3.8, 4) is 0 Å². The van der Waals surface area contributed by atoms with E-state index >= 15 is 0 Å². The van der Waals surface area contributed by atoms with Crippen LogP contribution in [0.15, 0.2) is 0 Å². The van der Waals surface area contributed by atoms with E-state index in [2.05, 4.69) is 5.32 Å². The highest BCUT2D eigenvalue weighted by Gasteiger charge is 2.33. The molecule has 2 unspecified atom stereocenters. The minimum Gasteiger partial charge on any atom is -0.352 e. The molecule has 0 saturated carbocycles. The molecule has 1 heterocycles. The molecule has 0 bridgehead atoms. The standard InChI is InChI=1S/C13H24F3N3O.ClH/c1-3-9(2)11(17)12(20)18-10-4-6-19(7-5-10)8-13(14,15)16;/h9-11H,3-8,17H2,1-2H3,(H,18,20);1H. The zero-order valence-electron chi connectivity index (χ0n) is 12.4. The largest absolute Gasteiger partial charge is 0.401 e. The second-order valence-corrected chi connectivity index (χ2v) is 5.59. The van der Waals surface area contributed by atoms with Gasteiger partial charge in [0.1, 0.15) is 0 Å². The molecule has 1 fully saturated rings.